The zero-order chi connectivity index (χ0) is 15.2. The molecule has 4 nitrogen and oxygen atoms in total. The number of carbonyl (C=O) groups excluding carboxylic acids is 1. The number of carbonyl (C=O) groups is 1. The molecule has 0 unspecified atom stereocenters. The highest BCUT2D eigenvalue weighted by molar-refractivity contribution is 7.14. The number of benzene rings is 1. The Hall–Kier alpha value is -2.29. The molecule has 0 aliphatic carbocycles. The molecule has 1 amide bonds. The van der Waals surface area contributed by atoms with E-state index in [2.05, 4.69) is 17.2 Å². The summed E-state index contributed by atoms with van der Waals surface area (Å²) in [6.45, 7) is 1.72. The summed E-state index contributed by atoms with van der Waals surface area (Å²) in [5, 5.41) is 11.5. The molecule has 0 saturated heterocycles. The van der Waals surface area contributed by atoms with Crippen molar-refractivity contribution in [1.82, 2.24) is 0 Å². The Kier molecular flexibility index (Phi) is 4.99. The van der Waals surface area contributed by atoms with E-state index in [-0.39, 0.29) is 12.5 Å². The maximum atomic E-state index is 12.2. The first kappa shape index (κ1) is 15.1. The van der Waals surface area contributed by atoms with E-state index >= 15 is 0 Å². The van der Waals surface area contributed by atoms with Crippen LogP contribution in [0.15, 0.2) is 30.3 Å². The number of hydrogen-bond donors (Lipinski definition) is 2. The molecular formula is C16H15NO3S. The van der Waals surface area contributed by atoms with Crippen molar-refractivity contribution >= 4 is 22.9 Å². The van der Waals surface area contributed by atoms with Gasteiger partial charge in [-0.3, -0.25) is 4.79 Å². The summed E-state index contributed by atoms with van der Waals surface area (Å²) >= 11 is 1.29. The molecule has 2 rings (SSSR count). The molecular weight excluding hydrogens is 286 g/mol. The Labute approximate surface area is 127 Å². The molecule has 21 heavy (non-hydrogen) atoms. The number of aliphatic hydroxyl groups excluding tert-OH is 1. The van der Waals surface area contributed by atoms with Gasteiger partial charge in [-0.15, -0.1) is 11.3 Å². The van der Waals surface area contributed by atoms with Gasteiger partial charge in [-0.1, -0.05) is 11.8 Å². The first-order chi connectivity index (χ1) is 10.1. The summed E-state index contributed by atoms with van der Waals surface area (Å²) in [6, 6.07) is 8.97. The average molecular weight is 301 g/mol. The van der Waals surface area contributed by atoms with Crippen LogP contribution in [0.3, 0.4) is 0 Å². The zero-order valence-electron chi connectivity index (χ0n) is 11.8. The summed E-state index contributed by atoms with van der Waals surface area (Å²) in [6.07, 6.45) is 0. The van der Waals surface area contributed by atoms with E-state index in [0.29, 0.717) is 4.88 Å². The minimum Gasteiger partial charge on any atom is -0.497 e. The van der Waals surface area contributed by atoms with Gasteiger partial charge in [0.05, 0.1) is 16.9 Å². The summed E-state index contributed by atoms with van der Waals surface area (Å²) in [4.78, 5) is 13.5. The van der Waals surface area contributed by atoms with Crippen LogP contribution in [0.1, 0.15) is 20.1 Å². The van der Waals surface area contributed by atoms with Gasteiger partial charge in [0, 0.05) is 5.69 Å². The van der Waals surface area contributed by atoms with Crippen LogP contribution in [0.25, 0.3) is 0 Å². The molecule has 2 N–H and O–H groups in total. The molecule has 0 aliphatic rings. The highest BCUT2D eigenvalue weighted by Gasteiger charge is 2.10. The van der Waals surface area contributed by atoms with Crippen molar-refractivity contribution in [1.29, 1.82) is 0 Å². The lowest BCUT2D eigenvalue weighted by Gasteiger charge is -2.09. The number of anilines is 1. The first-order valence-corrected chi connectivity index (χ1v) is 7.11. The molecule has 0 saturated carbocycles. The van der Waals surface area contributed by atoms with Crippen molar-refractivity contribution in [3.05, 3.63) is 45.6 Å². The molecule has 0 atom stereocenters. The predicted octanol–water partition coefficient (Wildman–Crippen LogP) is 2.66. The van der Waals surface area contributed by atoms with E-state index in [4.69, 9.17) is 9.84 Å². The highest BCUT2D eigenvalue weighted by atomic mass is 32.1. The second-order valence-corrected chi connectivity index (χ2v) is 5.34. The van der Waals surface area contributed by atoms with Crippen molar-refractivity contribution in [2.24, 2.45) is 0 Å². The van der Waals surface area contributed by atoms with E-state index in [1.807, 2.05) is 19.1 Å². The topological polar surface area (TPSA) is 58.6 Å². The van der Waals surface area contributed by atoms with Gasteiger partial charge < -0.3 is 15.2 Å². The quantitative estimate of drug-likeness (QED) is 0.857. The number of amides is 1. The maximum Gasteiger partial charge on any atom is 0.265 e. The lowest BCUT2D eigenvalue weighted by Crippen LogP contribution is -2.11. The Balaban J connectivity index is 2.12. The van der Waals surface area contributed by atoms with Gasteiger partial charge in [-0.2, -0.15) is 0 Å². The molecule has 1 aromatic heterocycles. The van der Waals surface area contributed by atoms with E-state index in [1.54, 1.807) is 25.3 Å². The number of aliphatic hydroxyl groups is 1. The number of methoxy groups -OCH3 is 1. The summed E-state index contributed by atoms with van der Waals surface area (Å²) < 4.78 is 5.13. The molecule has 0 bridgehead atoms. The summed E-state index contributed by atoms with van der Waals surface area (Å²) in [7, 11) is 1.60. The van der Waals surface area contributed by atoms with E-state index in [1.165, 1.54) is 11.3 Å². The summed E-state index contributed by atoms with van der Waals surface area (Å²) in [5.41, 5.74) is 1.68. The Morgan fingerprint density at radius 2 is 2.19 bits per heavy atom. The van der Waals surface area contributed by atoms with Crippen molar-refractivity contribution in [2.75, 3.05) is 19.0 Å². The molecule has 0 fully saturated rings. The summed E-state index contributed by atoms with van der Waals surface area (Å²) in [5.74, 6) is 5.92. The third kappa shape index (κ3) is 3.85. The Morgan fingerprint density at radius 1 is 1.38 bits per heavy atom. The van der Waals surface area contributed by atoms with Gasteiger partial charge in [0.25, 0.3) is 5.91 Å². The van der Waals surface area contributed by atoms with Crippen molar-refractivity contribution in [3.63, 3.8) is 0 Å². The van der Waals surface area contributed by atoms with E-state index in [9.17, 15) is 4.79 Å². The van der Waals surface area contributed by atoms with Gasteiger partial charge in [0.15, 0.2) is 0 Å². The molecule has 5 heteroatoms. The largest absolute Gasteiger partial charge is 0.497 e. The monoisotopic (exact) mass is 301 g/mol. The highest BCUT2D eigenvalue weighted by Crippen LogP contribution is 2.23. The normalized spacial score (nSPS) is 9.67. The van der Waals surface area contributed by atoms with Gasteiger partial charge in [0.1, 0.15) is 12.4 Å². The predicted molar refractivity (Wildman–Crippen MR) is 84.0 cm³/mol. The average Bonchev–Trinajstić information content (AvgIpc) is 2.96. The molecule has 1 heterocycles. The smallest absolute Gasteiger partial charge is 0.265 e. The standard InChI is InChI=1S/C16H15NO3S/c1-11-10-12(20-2)5-7-14(11)17-16(19)15-8-6-13(21-15)4-3-9-18/h5-8,10,18H,9H2,1-2H3,(H,17,19). The lowest BCUT2D eigenvalue weighted by atomic mass is 10.2. The van der Waals surface area contributed by atoms with Crippen LogP contribution in [-0.4, -0.2) is 24.7 Å². The fourth-order valence-electron chi connectivity index (χ4n) is 1.74. The molecule has 108 valence electrons. The zero-order valence-corrected chi connectivity index (χ0v) is 12.6. The van der Waals surface area contributed by atoms with Crippen LogP contribution in [-0.2, 0) is 0 Å². The molecule has 0 spiro atoms. The molecule has 0 aliphatic heterocycles. The number of rotatable bonds is 3. The minimum absolute atomic E-state index is 0.176. The number of ether oxygens (including phenoxy) is 1. The van der Waals surface area contributed by atoms with Crippen LogP contribution < -0.4 is 10.1 Å². The van der Waals surface area contributed by atoms with Gasteiger partial charge in [-0.05, 0) is 42.8 Å². The van der Waals surface area contributed by atoms with Crippen LogP contribution >= 0.6 is 11.3 Å². The molecule has 1 aromatic carbocycles. The fourth-order valence-corrected chi connectivity index (χ4v) is 2.52. The molecule has 0 radical (unpaired) electrons. The second kappa shape index (κ2) is 6.93. The lowest BCUT2D eigenvalue weighted by molar-refractivity contribution is 0.103. The minimum atomic E-state index is -0.190. The van der Waals surface area contributed by atoms with E-state index in [0.717, 1.165) is 21.9 Å². The van der Waals surface area contributed by atoms with Crippen LogP contribution in [0.2, 0.25) is 0 Å². The maximum absolute atomic E-state index is 12.2. The first-order valence-electron chi connectivity index (χ1n) is 6.29. The SMILES string of the molecule is COc1ccc(NC(=O)c2ccc(C#CCO)s2)c(C)c1. The number of nitrogens with one attached hydrogen (secondary N) is 1. The van der Waals surface area contributed by atoms with Crippen LogP contribution in [0, 0.1) is 18.8 Å². The van der Waals surface area contributed by atoms with E-state index < -0.39 is 0 Å². The van der Waals surface area contributed by atoms with Gasteiger partial charge in [0.2, 0.25) is 0 Å². The van der Waals surface area contributed by atoms with Gasteiger partial charge in [-0.25, -0.2) is 0 Å². The number of thiophene rings is 1. The Bertz CT molecular complexity index is 710. The number of hydrogen-bond acceptors (Lipinski definition) is 4. The fraction of sp³-hybridized carbons (Fsp3) is 0.188. The Morgan fingerprint density at radius 3 is 2.86 bits per heavy atom. The van der Waals surface area contributed by atoms with Crippen LogP contribution in [0.4, 0.5) is 5.69 Å². The van der Waals surface area contributed by atoms with Crippen molar-refractivity contribution in [3.8, 4) is 17.6 Å². The second-order valence-electron chi connectivity index (χ2n) is 4.26. The van der Waals surface area contributed by atoms with Crippen molar-refractivity contribution in [2.45, 2.75) is 6.92 Å². The van der Waals surface area contributed by atoms with Gasteiger partial charge >= 0.3 is 0 Å². The van der Waals surface area contributed by atoms with Crippen LogP contribution in [0.5, 0.6) is 5.75 Å². The van der Waals surface area contributed by atoms with Crippen molar-refractivity contribution < 1.29 is 14.6 Å². The number of aryl methyl sites for hydroxylation is 1. The third-order valence-electron chi connectivity index (χ3n) is 2.80. The molecule has 2 aromatic rings. The third-order valence-corrected chi connectivity index (χ3v) is 3.80.